The van der Waals surface area contributed by atoms with Crippen LogP contribution in [0.2, 0.25) is 0 Å². The van der Waals surface area contributed by atoms with E-state index in [0.29, 0.717) is 5.96 Å². The van der Waals surface area contributed by atoms with Crippen molar-refractivity contribution in [3.8, 4) is 0 Å². The van der Waals surface area contributed by atoms with Gasteiger partial charge in [-0.15, -0.1) is 24.0 Å². The van der Waals surface area contributed by atoms with Gasteiger partial charge < -0.3 is 20.0 Å². The van der Waals surface area contributed by atoms with E-state index in [0.717, 1.165) is 29.7 Å². The zero-order valence-electron chi connectivity index (χ0n) is 15.2. The van der Waals surface area contributed by atoms with Crippen molar-refractivity contribution < 1.29 is 9.21 Å². The SMILES string of the molecule is CCCNC(=NCC(=O)N(C)C)NC(C)c1cc2ccccc2o1.I. The van der Waals surface area contributed by atoms with Crippen LogP contribution in [0.25, 0.3) is 11.0 Å². The standard InChI is InChI=1S/C18H26N4O2.HI/c1-5-10-19-18(20-12-17(23)22(3)4)21-13(2)16-11-14-8-6-7-9-15(14)24-16;/h6-9,11,13H,5,10,12H2,1-4H3,(H2,19,20,21);1H. The molecule has 0 fully saturated rings. The maximum absolute atomic E-state index is 11.7. The van der Waals surface area contributed by atoms with Crippen LogP contribution in [0.4, 0.5) is 0 Å². The van der Waals surface area contributed by atoms with E-state index >= 15 is 0 Å². The van der Waals surface area contributed by atoms with Crippen molar-refractivity contribution in [3.05, 3.63) is 36.1 Å². The highest BCUT2D eigenvalue weighted by Gasteiger charge is 2.13. The zero-order valence-corrected chi connectivity index (χ0v) is 17.5. The normalized spacial score (nSPS) is 12.4. The third-order valence-corrected chi connectivity index (χ3v) is 3.64. The largest absolute Gasteiger partial charge is 0.459 e. The first-order chi connectivity index (χ1) is 11.5. The number of carbonyl (C=O) groups excluding carboxylic acids is 1. The minimum absolute atomic E-state index is 0. The number of para-hydroxylation sites is 1. The van der Waals surface area contributed by atoms with Gasteiger partial charge in [-0.25, -0.2) is 4.99 Å². The minimum atomic E-state index is -0.0602. The smallest absolute Gasteiger partial charge is 0.243 e. The van der Waals surface area contributed by atoms with Crippen LogP contribution in [0.15, 0.2) is 39.7 Å². The number of benzene rings is 1. The Bertz CT molecular complexity index is 679. The van der Waals surface area contributed by atoms with Crippen LogP contribution in [0, 0.1) is 0 Å². The predicted molar refractivity (Wildman–Crippen MR) is 112 cm³/mol. The summed E-state index contributed by atoms with van der Waals surface area (Å²) >= 11 is 0. The summed E-state index contributed by atoms with van der Waals surface area (Å²) in [6, 6.07) is 9.88. The lowest BCUT2D eigenvalue weighted by Crippen LogP contribution is -2.40. The molecule has 0 radical (unpaired) electrons. The fourth-order valence-electron chi connectivity index (χ4n) is 2.18. The lowest BCUT2D eigenvalue weighted by atomic mass is 10.2. The Labute approximate surface area is 166 Å². The maximum atomic E-state index is 11.7. The molecule has 0 spiro atoms. The van der Waals surface area contributed by atoms with E-state index in [2.05, 4.69) is 22.5 Å². The number of nitrogens with zero attached hydrogens (tertiary/aromatic N) is 2. The van der Waals surface area contributed by atoms with Crippen LogP contribution in [0.5, 0.6) is 0 Å². The molecule has 0 saturated carbocycles. The minimum Gasteiger partial charge on any atom is -0.459 e. The molecule has 7 heteroatoms. The summed E-state index contributed by atoms with van der Waals surface area (Å²) in [5.74, 6) is 1.41. The summed E-state index contributed by atoms with van der Waals surface area (Å²) in [6.07, 6.45) is 0.974. The van der Waals surface area contributed by atoms with Crippen LogP contribution in [0.3, 0.4) is 0 Å². The van der Waals surface area contributed by atoms with Crippen molar-refractivity contribution in [1.29, 1.82) is 0 Å². The topological polar surface area (TPSA) is 69.9 Å². The molecule has 0 aliphatic carbocycles. The lowest BCUT2D eigenvalue weighted by molar-refractivity contribution is -0.127. The van der Waals surface area contributed by atoms with Crippen LogP contribution in [-0.2, 0) is 4.79 Å². The van der Waals surface area contributed by atoms with E-state index in [1.54, 1.807) is 14.1 Å². The molecule has 0 aliphatic heterocycles. The Morgan fingerprint density at radius 2 is 2.04 bits per heavy atom. The van der Waals surface area contributed by atoms with E-state index in [4.69, 9.17) is 4.42 Å². The molecule has 1 unspecified atom stereocenters. The van der Waals surface area contributed by atoms with Crippen molar-refractivity contribution in [3.63, 3.8) is 0 Å². The van der Waals surface area contributed by atoms with E-state index < -0.39 is 0 Å². The number of aliphatic imine (C=N–C) groups is 1. The number of furan rings is 1. The first-order valence-corrected chi connectivity index (χ1v) is 8.24. The van der Waals surface area contributed by atoms with Crippen LogP contribution in [0.1, 0.15) is 32.1 Å². The maximum Gasteiger partial charge on any atom is 0.243 e. The molecule has 2 N–H and O–H groups in total. The average Bonchev–Trinajstić information content (AvgIpc) is 3.00. The summed E-state index contributed by atoms with van der Waals surface area (Å²) in [7, 11) is 3.45. The van der Waals surface area contributed by atoms with Crippen LogP contribution >= 0.6 is 24.0 Å². The number of hydrogen-bond acceptors (Lipinski definition) is 3. The summed E-state index contributed by atoms with van der Waals surface area (Å²) < 4.78 is 5.88. The fourth-order valence-corrected chi connectivity index (χ4v) is 2.18. The third kappa shape index (κ3) is 6.22. The fraction of sp³-hybridized carbons (Fsp3) is 0.444. The number of nitrogens with one attached hydrogen (secondary N) is 2. The second-order valence-corrected chi connectivity index (χ2v) is 5.93. The quantitative estimate of drug-likeness (QED) is 0.397. The number of likely N-dealkylation sites (N-methyl/N-ethyl adjacent to an activating group) is 1. The van der Waals surface area contributed by atoms with Gasteiger partial charge in [0.15, 0.2) is 5.96 Å². The molecule has 6 nitrogen and oxygen atoms in total. The molecule has 1 heterocycles. The van der Waals surface area contributed by atoms with Crippen molar-refractivity contribution in [1.82, 2.24) is 15.5 Å². The summed E-state index contributed by atoms with van der Waals surface area (Å²) in [5, 5.41) is 7.60. The highest BCUT2D eigenvalue weighted by Crippen LogP contribution is 2.23. The lowest BCUT2D eigenvalue weighted by Gasteiger charge is -2.17. The van der Waals surface area contributed by atoms with Crippen LogP contribution < -0.4 is 10.6 Å². The van der Waals surface area contributed by atoms with E-state index in [-0.39, 0.29) is 42.5 Å². The molecule has 0 aliphatic rings. The number of hydrogen-bond donors (Lipinski definition) is 2. The molecule has 1 atom stereocenters. The Balaban J connectivity index is 0.00000312. The number of halogens is 1. The van der Waals surface area contributed by atoms with Crippen LogP contribution in [-0.4, -0.2) is 44.0 Å². The molecule has 1 amide bonds. The van der Waals surface area contributed by atoms with E-state index in [9.17, 15) is 4.79 Å². The first kappa shape index (κ1) is 21.3. The van der Waals surface area contributed by atoms with Crippen molar-refractivity contribution in [2.45, 2.75) is 26.3 Å². The average molecular weight is 458 g/mol. The van der Waals surface area contributed by atoms with Crippen molar-refractivity contribution in [2.75, 3.05) is 27.2 Å². The molecule has 1 aromatic heterocycles. The molecule has 0 saturated heterocycles. The highest BCUT2D eigenvalue weighted by atomic mass is 127. The second-order valence-electron chi connectivity index (χ2n) is 5.93. The molecule has 2 rings (SSSR count). The molecular weight excluding hydrogens is 431 g/mol. The molecule has 138 valence electrons. The van der Waals surface area contributed by atoms with Gasteiger partial charge in [0.25, 0.3) is 0 Å². The first-order valence-electron chi connectivity index (χ1n) is 8.24. The molecule has 25 heavy (non-hydrogen) atoms. The Morgan fingerprint density at radius 3 is 2.68 bits per heavy atom. The predicted octanol–water partition coefficient (Wildman–Crippen LogP) is 3.15. The summed E-state index contributed by atoms with van der Waals surface area (Å²) in [4.78, 5) is 17.6. The van der Waals surface area contributed by atoms with Gasteiger partial charge in [0, 0.05) is 26.0 Å². The zero-order chi connectivity index (χ0) is 17.5. The molecule has 2 aromatic rings. The van der Waals surface area contributed by atoms with Gasteiger partial charge in [-0.1, -0.05) is 25.1 Å². The summed E-state index contributed by atoms with van der Waals surface area (Å²) in [6.45, 7) is 4.99. The Morgan fingerprint density at radius 1 is 1.32 bits per heavy atom. The highest BCUT2D eigenvalue weighted by molar-refractivity contribution is 14.0. The van der Waals surface area contributed by atoms with Gasteiger partial charge in [0.05, 0.1) is 6.04 Å². The van der Waals surface area contributed by atoms with Gasteiger partial charge in [0.2, 0.25) is 5.91 Å². The third-order valence-electron chi connectivity index (χ3n) is 3.64. The number of rotatable bonds is 6. The van der Waals surface area contributed by atoms with E-state index in [1.807, 2.05) is 37.3 Å². The van der Waals surface area contributed by atoms with Gasteiger partial charge in [-0.2, -0.15) is 0 Å². The van der Waals surface area contributed by atoms with Crippen molar-refractivity contribution in [2.24, 2.45) is 4.99 Å². The van der Waals surface area contributed by atoms with Gasteiger partial charge in [-0.3, -0.25) is 4.79 Å². The van der Waals surface area contributed by atoms with Gasteiger partial charge >= 0.3 is 0 Å². The number of guanidine groups is 1. The number of carbonyl (C=O) groups is 1. The number of fused-ring (bicyclic) bond motifs is 1. The van der Waals surface area contributed by atoms with Gasteiger partial charge in [0.1, 0.15) is 17.9 Å². The Hall–Kier alpha value is -1.77. The monoisotopic (exact) mass is 458 g/mol. The van der Waals surface area contributed by atoms with E-state index in [1.165, 1.54) is 4.90 Å². The molecular formula is C18H27IN4O2. The van der Waals surface area contributed by atoms with Gasteiger partial charge in [-0.05, 0) is 25.5 Å². The number of amides is 1. The van der Waals surface area contributed by atoms with Crippen molar-refractivity contribution >= 4 is 46.8 Å². The molecule has 0 bridgehead atoms. The summed E-state index contributed by atoms with van der Waals surface area (Å²) in [5.41, 5.74) is 0.865. The Kier molecular flexibility index (Phi) is 8.74. The second kappa shape index (κ2) is 10.3. The molecule has 1 aromatic carbocycles.